The van der Waals surface area contributed by atoms with Gasteiger partial charge in [-0.1, -0.05) is 54.2 Å². The standard InChI is InChI=1S/C16H20N2O/c1-11-7-9-12(10-8-11)14-15(19-18-16(14)17)13-5-3-2-4-6-13/h7-10,13H,2-6H2,1H3,(H2,17,18). The van der Waals surface area contributed by atoms with Gasteiger partial charge in [0.2, 0.25) is 0 Å². The molecular weight excluding hydrogens is 236 g/mol. The Balaban J connectivity index is 2.00. The van der Waals surface area contributed by atoms with E-state index in [1.54, 1.807) is 0 Å². The molecule has 100 valence electrons. The number of aromatic nitrogens is 1. The average Bonchev–Trinajstić information content (AvgIpc) is 2.83. The van der Waals surface area contributed by atoms with Gasteiger partial charge < -0.3 is 10.3 Å². The normalized spacial score (nSPS) is 16.7. The summed E-state index contributed by atoms with van der Waals surface area (Å²) in [6.45, 7) is 2.09. The van der Waals surface area contributed by atoms with Gasteiger partial charge in [0, 0.05) is 5.92 Å². The highest BCUT2D eigenvalue weighted by Crippen LogP contribution is 2.40. The molecule has 1 aromatic carbocycles. The summed E-state index contributed by atoms with van der Waals surface area (Å²) in [6, 6.07) is 8.41. The number of nitrogens with two attached hydrogens (primary N) is 1. The van der Waals surface area contributed by atoms with E-state index in [4.69, 9.17) is 10.3 Å². The zero-order valence-electron chi connectivity index (χ0n) is 11.4. The summed E-state index contributed by atoms with van der Waals surface area (Å²) >= 11 is 0. The molecule has 1 aromatic heterocycles. The van der Waals surface area contributed by atoms with E-state index in [0.717, 1.165) is 16.9 Å². The molecule has 2 aromatic rings. The van der Waals surface area contributed by atoms with Crippen molar-refractivity contribution in [2.24, 2.45) is 0 Å². The lowest BCUT2D eigenvalue weighted by atomic mass is 9.85. The molecular formula is C16H20N2O. The second-order valence-corrected chi connectivity index (χ2v) is 5.51. The Bertz CT molecular complexity index is 551. The van der Waals surface area contributed by atoms with Crippen LogP contribution in [0.2, 0.25) is 0 Å². The van der Waals surface area contributed by atoms with E-state index in [2.05, 4.69) is 36.3 Å². The number of nitrogens with zero attached hydrogens (tertiary/aromatic N) is 1. The molecule has 0 aliphatic heterocycles. The van der Waals surface area contributed by atoms with Crippen LogP contribution in [0.1, 0.15) is 49.3 Å². The van der Waals surface area contributed by atoms with E-state index in [0.29, 0.717) is 11.7 Å². The Hall–Kier alpha value is -1.77. The summed E-state index contributed by atoms with van der Waals surface area (Å²) in [6.07, 6.45) is 6.26. The molecule has 3 heteroatoms. The number of rotatable bonds is 2. The first-order valence-corrected chi connectivity index (χ1v) is 7.08. The largest absolute Gasteiger partial charge is 0.380 e. The number of benzene rings is 1. The van der Waals surface area contributed by atoms with Gasteiger partial charge in [0.05, 0.1) is 5.56 Å². The second-order valence-electron chi connectivity index (χ2n) is 5.51. The van der Waals surface area contributed by atoms with Crippen LogP contribution in [0.4, 0.5) is 5.82 Å². The summed E-state index contributed by atoms with van der Waals surface area (Å²) < 4.78 is 5.54. The number of hydrogen-bond acceptors (Lipinski definition) is 3. The maximum atomic E-state index is 6.01. The first kappa shape index (κ1) is 12.3. The van der Waals surface area contributed by atoms with Crippen molar-refractivity contribution in [1.82, 2.24) is 5.16 Å². The maximum absolute atomic E-state index is 6.01. The maximum Gasteiger partial charge on any atom is 0.175 e. The molecule has 0 unspecified atom stereocenters. The highest BCUT2D eigenvalue weighted by atomic mass is 16.5. The summed E-state index contributed by atoms with van der Waals surface area (Å²) in [4.78, 5) is 0. The fourth-order valence-electron chi connectivity index (χ4n) is 2.97. The highest BCUT2D eigenvalue weighted by Gasteiger charge is 2.25. The predicted molar refractivity (Wildman–Crippen MR) is 76.9 cm³/mol. The average molecular weight is 256 g/mol. The van der Waals surface area contributed by atoms with E-state index in [1.807, 2.05) is 0 Å². The number of hydrogen-bond donors (Lipinski definition) is 1. The van der Waals surface area contributed by atoms with Crippen molar-refractivity contribution < 1.29 is 4.52 Å². The number of nitrogen functional groups attached to an aromatic ring is 1. The quantitative estimate of drug-likeness (QED) is 0.872. The Kier molecular flexibility index (Phi) is 3.28. The van der Waals surface area contributed by atoms with Gasteiger partial charge in [-0.25, -0.2) is 0 Å². The predicted octanol–water partition coefficient (Wildman–Crippen LogP) is 4.28. The Morgan fingerprint density at radius 3 is 2.47 bits per heavy atom. The third-order valence-corrected chi connectivity index (χ3v) is 4.06. The van der Waals surface area contributed by atoms with Gasteiger partial charge in [0.25, 0.3) is 0 Å². The molecule has 19 heavy (non-hydrogen) atoms. The fraction of sp³-hybridized carbons (Fsp3) is 0.438. The van der Waals surface area contributed by atoms with Gasteiger partial charge in [-0.15, -0.1) is 0 Å². The molecule has 1 fully saturated rings. The Morgan fingerprint density at radius 1 is 1.11 bits per heavy atom. The summed E-state index contributed by atoms with van der Waals surface area (Å²) in [7, 11) is 0. The Morgan fingerprint density at radius 2 is 1.79 bits per heavy atom. The van der Waals surface area contributed by atoms with Gasteiger partial charge in [-0.05, 0) is 25.3 Å². The van der Waals surface area contributed by atoms with Crippen LogP contribution in [0, 0.1) is 6.92 Å². The number of anilines is 1. The first-order valence-electron chi connectivity index (χ1n) is 7.08. The van der Waals surface area contributed by atoms with Crippen molar-refractivity contribution in [3.63, 3.8) is 0 Å². The van der Waals surface area contributed by atoms with E-state index in [1.165, 1.54) is 37.7 Å². The molecule has 2 N–H and O–H groups in total. The van der Waals surface area contributed by atoms with Crippen molar-refractivity contribution >= 4 is 5.82 Å². The topological polar surface area (TPSA) is 52.0 Å². The minimum Gasteiger partial charge on any atom is -0.380 e. The molecule has 1 aliphatic carbocycles. The fourth-order valence-corrected chi connectivity index (χ4v) is 2.97. The molecule has 0 amide bonds. The number of aryl methyl sites for hydroxylation is 1. The van der Waals surface area contributed by atoms with Crippen LogP contribution in [0.15, 0.2) is 28.8 Å². The smallest absolute Gasteiger partial charge is 0.175 e. The van der Waals surface area contributed by atoms with E-state index >= 15 is 0 Å². The van der Waals surface area contributed by atoms with Gasteiger partial charge in [-0.2, -0.15) is 0 Å². The minimum atomic E-state index is 0.481. The van der Waals surface area contributed by atoms with Crippen molar-refractivity contribution in [2.45, 2.75) is 44.9 Å². The van der Waals surface area contributed by atoms with Gasteiger partial charge >= 0.3 is 0 Å². The van der Waals surface area contributed by atoms with Crippen molar-refractivity contribution in [1.29, 1.82) is 0 Å². The Labute approximate surface area is 113 Å². The lowest BCUT2D eigenvalue weighted by Gasteiger charge is -2.20. The second kappa shape index (κ2) is 5.08. The van der Waals surface area contributed by atoms with Crippen LogP contribution < -0.4 is 5.73 Å². The van der Waals surface area contributed by atoms with Crippen LogP contribution >= 0.6 is 0 Å². The molecule has 0 radical (unpaired) electrons. The molecule has 0 atom stereocenters. The molecule has 1 saturated carbocycles. The van der Waals surface area contributed by atoms with Crippen LogP contribution in [0.5, 0.6) is 0 Å². The van der Waals surface area contributed by atoms with Crippen LogP contribution in [0.25, 0.3) is 11.1 Å². The zero-order chi connectivity index (χ0) is 13.2. The van der Waals surface area contributed by atoms with E-state index in [-0.39, 0.29) is 0 Å². The molecule has 3 rings (SSSR count). The van der Waals surface area contributed by atoms with E-state index in [9.17, 15) is 0 Å². The summed E-state index contributed by atoms with van der Waals surface area (Å²) in [5, 5.41) is 3.99. The van der Waals surface area contributed by atoms with Crippen molar-refractivity contribution in [3.8, 4) is 11.1 Å². The molecule has 0 bridgehead atoms. The summed E-state index contributed by atoms with van der Waals surface area (Å²) in [5.41, 5.74) is 9.38. The van der Waals surface area contributed by atoms with Crippen LogP contribution in [-0.2, 0) is 0 Å². The highest BCUT2D eigenvalue weighted by molar-refractivity contribution is 5.76. The van der Waals surface area contributed by atoms with Crippen molar-refractivity contribution in [2.75, 3.05) is 5.73 Å². The minimum absolute atomic E-state index is 0.481. The lowest BCUT2D eigenvalue weighted by molar-refractivity contribution is 0.323. The molecule has 1 heterocycles. The van der Waals surface area contributed by atoms with Gasteiger partial charge in [0.1, 0.15) is 5.76 Å². The van der Waals surface area contributed by atoms with Crippen LogP contribution in [-0.4, -0.2) is 5.16 Å². The monoisotopic (exact) mass is 256 g/mol. The van der Waals surface area contributed by atoms with E-state index < -0.39 is 0 Å². The van der Waals surface area contributed by atoms with Crippen molar-refractivity contribution in [3.05, 3.63) is 35.6 Å². The molecule has 0 spiro atoms. The molecule has 3 nitrogen and oxygen atoms in total. The van der Waals surface area contributed by atoms with Gasteiger partial charge in [-0.3, -0.25) is 0 Å². The third-order valence-electron chi connectivity index (χ3n) is 4.06. The summed E-state index contributed by atoms with van der Waals surface area (Å²) in [5.74, 6) is 1.99. The van der Waals surface area contributed by atoms with Gasteiger partial charge in [0.15, 0.2) is 5.82 Å². The molecule has 0 saturated heterocycles. The molecule has 1 aliphatic rings. The lowest BCUT2D eigenvalue weighted by Crippen LogP contribution is -2.05. The first-order chi connectivity index (χ1) is 9.25. The SMILES string of the molecule is Cc1ccc(-c2c(N)noc2C2CCCCC2)cc1. The van der Waals surface area contributed by atoms with Crippen LogP contribution in [0.3, 0.4) is 0 Å². The zero-order valence-corrected chi connectivity index (χ0v) is 11.4. The third kappa shape index (κ3) is 2.37.